The van der Waals surface area contributed by atoms with Crippen LogP contribution < -0.4 is 4.90 Å². The van der Waals surface area contributed by atoms with E-state index >= 15 is 0 Å². The molecular weight excluding hydrogens is 186 g/mol. The molecule has 0 spiro atoms. The van der Waals surface area contributed by atoms with Gasteiger partial charge in [0.1, 0.15) is 0 Å². The maximum atomic E-state index is 11.4. The lowest BCUT2D eigenvalue weighted by molar-refractivity contribution is 0.101. The van der Waals surface area contributed by atoms with Crippen LogP contribution in [0, 0.1) is 5.92 Å². The van der Waals surface area contributed by atoms with E-state index in [9.17, 15) is 4.79 Å². The number of benzene rings is 1. The normalized spacial score (nSPS) is 16.3. The van der Waals surface area contributed by atoms with Gasteiger partial charge in [-0.2, -0.15) is 0 Å². The fourth-order valence-corrected chi connectivity index (χ4v) is 2.07. The maximum absolute atomic E-state index is 11.4. The van der Waals surface area contributed by atoms with E-state index < -0.39 is 0 Å². The zero-order valence-corrected chi connectivity index (χ0v) is 9.36. The minimum Gasteiger partial charge on any atom is -0.370 e. The molecular formula is C13H17NO. The summed E-state index contributed by atoms with van der Waals surface area (Å²) >= 11 is 0. The minimum atomic E-state index is 0.158. The van der Waals surface area contributed by atoms with Crippen LogP contribution in [0.4, 0.5) is 5.69 Å². The van der Waals surface area contributed by atoms with Gasteiger partial charge in [-0.1, -0.05) is 19.1 Å². The molecule has 0 aromatic heterocycles. The zero-order chi connectivity index (χ0) is 10.8. The summed E-state index contributed by atoms with van der Waals surface area (Å²) in [7, 11) is 0. The average Bonchev–Trinajstić information content (AvgIpc) is 2.16. The van der Waals surface area contributed by atoms with E-state index in [4.69, 9.17) is 0 Å². The van der Waals surface area contributed by atoms with Crippen molar-refractivity contribution in [1.29, 1.82) is 0 Å². The van der Waals surface area contributed by atoms with E-state index in [1.54, 1.807) is 6.92 Å². The second-order valence-corrected chi connectivity index (χ2v) is 4.25. The summed E-state index contributed by atoms with van der Waals surface area (Å²) in [6, 6.07) is 7.89. The first-order valence-corrected chi connectivity index (χ1v) is 5.57. The number of carbonyl (C=O) groups is 1. The highest BCUT2D eigenvalue weighted by molar-refractivity contribution is 5.99. The summed E-state index contributed by atoms with van der Waals surface area (Å²) in [6.07, 6.45) is 1.23. The van der Waals surface area contributed by atoms with Gasteiger partial charge in [0, 0.05) is 24.3 Å². The van der Waals surface area contributed by atoms with Crippen molar-refractivity contribution < 1.29 is 4.79 Å². The number of hydrogen-bond donors (Lipinski definition) is 0. The smallest absolute Gasteiger partial charge is 0.161 e. The highest BCUT2D eigenvalue weighted by atomic mass is 16.1. The van der Waals surface area contributed by atoms with Crippen molar-refractivity contribution in [3.63, 3.8) is 0 Å². The van der Waals surface area contributed by atoms with Gasteiger partial charge in [0.15, 0.2) is 5.78 Å². The van der Waals surface area contributed by atoms with Gasteiger partial charge in [-0.15, -0.1) is 0 Å². The highest BCUT2D eigenvalue weighted by Gasteiger charge is 2.27. The molecule has 2 heteroatoms. The van der Waals surface area contributed by atoms with E-state index in [0.717, 1.165) is 30.3 Å². The molecule has 0 unspecified atom stereocenters. The first-order valence-electron chi connectivity index (χ1n) is 5.57. The van der Waals surface area contributed by atoms with Gasteiger partial charge in [-0.05, 0) is 31.4 Å². The molecule has 0 amide bonds. The first kappa shape index (κ1) is 10.2. The standard InChI is InChI=1S/C13H17NO/c1-3-11-8-14(9-11)13-7-5-4-6-12(13)10(2)15/h4-7,11H,3,8-9H2,1-2H3. The summed E-state index contributed by atoms with van der Waals surface area (Å²) in [5, 5.41) is 0. The quantitative estimate of drug-likeness (QED) is 0.704. The number of hydrogen-bond acceptors (Lipinski definition) is 2. The van der Waals surface area contributed by atoms with Crippen molar-refractivity contribution in [1.82, 2.24) is 0 Å². The first-order chi connectivity index (χ1) is 7.22. The molecule has 0 aliphatic carbocycles. The van der Waals surface area contributed by atoms with Crippen LogP contribution in [0.25, 0.3) is 0 Å². The number of carbonyl (C=O) groups excluding carboxylic acids is 1. The van der Waals surface area contributed by atoms with E-state index in [1.165, 1.54) is 6.42 Å². The number of Topliss-reactive ketones (excluding diaryl/α,β-unsaturated/α-hetero) is 1. The predicted molar refractivity (Wildman–Crippen MR) is 62.4 cm³/mol. The van der Waals surface area contributed by atoms with Gasteiger partial charge in [0.2, 0.25) is 0 Å². The Hall–Kier alpha value is -1.31. The van der Waals surface area contributed by atoms with Crippen molar-refractivity contribution in [3.8, 4) is 0 Å². The van der Waals surface area contributed by atoms with Crippen LogP contribution in [-0.4, -0.2) is 18.9 Å². The second-order valence-electron chi connectivity index (χ2n) is 4.25. The van der Waals surface area contributed by atoms with Gasteiger partial charge >= 0.3 is 0 Å². The van der Waals surface area contributed by atoms with Crippen LogP contribution in [0.3, 0.4) is 0 Å². The molecule has 1 fully saturated rings. The Labute approximate surface area is 90.9 Å². The Kier molecular flexibility index (Phi) is 2.76. The van der Waals surface area contributed by atoms with Gasteiger partial charge < -0.3 is 4.90 Å². The molecule has 0 radical (unpaired) electrons. The fraction of sp³-hybridized carbons (Fsp3) is 0.462. The van der Waals surface area contributed by atoms with E-state index in [2.05, 4.69) is 11.8 Å². The number of ketones is 1. The molecule has 1 aliphatic rings. The van der Waals surface area contributed by atoms with Gasteiger partial charge in [0.25, 0.3) is 0 Å². The molecule has 2 rings (SSSR count). The van der Waals surface area contributed by atoms with E-state index in [-0.39, 0.29) is 5.78 Å². The molecule has 1 heterocycles. The number of anilines is 1. The van der Waals surface area contributed by atoms with Crippen molar-refractivity contribution >= 4 is 11.5 Å². The number of para-hydroxylation sites is 1. The van der Waals surface area contributed by atoms with Crippen LogP contribution in [0.1, 0.15) is 30.6 Å². The van der Waals surface area contributed by atoms with Gasteiger partial charge in [-0.3, -0.25) is 4.79 Å². The lowest BCUT2D eigenvalue weighted by atomic mass is 9.95. The SMILES string of the molecule is CCC1CN(c2ccccc2C(C)=O)C1. The van der Waals surface area contributed by atoms with Crippen LogP contribution >= 0.6 is 0 Å². The molecule has 1 aliphatic heterocycles. The zero-order valence-electron chi connectivity index (χ0n) is 9.36. The topological polar surface area (TPSA) is 20.3 Å². The lowest BCUT2D eigenvalue weighted by Crippen LogP contribution is -2.46. The van der Waals surface area contributed by atoms with E-state index in [1.807, 2.05) is 24.3 Å². The number of rotatable bonds is 3. The fourth-order valence-electron chi connectivity index (χ4n) is 2.07. The molecule has 0 atom stereocenters. The van der Waals surface area contributed by atoms with Crippen LogP contribution in [0.5, 0.6) is 0 Å². The molecule has 80 valence electrons. The Bertz CT molecular complexity index is 367. The number of nitrogens with zero attached hydrogens (tertiary/aromatic N) is 1. The van der Waals surface area contributed by atoms with E-state index in [0.29, 0.717) is 0 Å². The molecule has 0 saturated carbocycles. The lowest BCUT2D eigenvalue weighted by Gasteiger charge is -2.41. The monoisotopic (exact) mass is 203 g/mol. The van der Waals surface area contributed by atoms with Gasteiger partial charge in [0.05, 0.1) is 0 Å². The largest absolute Gasteiger partial charge is 0.370 e. The van der Waals surface area contributed by atoms with Crippen molar-refractivity contribution in [2.45, 2.75) is 20.3 Å². The summed E-state index contributed by atoms with van der Waals surface area (Å²) in [5.41, 5.74) is 1.96. The molecule has 1 saturated heterocycles. The second kappa shape index (κ2) is 4.05. The Balaban J connectivity index is 2.18. The Morgan fingerprint density at radius 3 is 2.67 bits per heavy atom. The molecule has 1 aromatic rings. The minimum absolute atomic E-state index is 0.158. The third kappa shape index (κ3) is 1.89. The average molecular weight is 203 g/mol. The summed E-state index contributed by atoms with van der Waals surface area (Å²) in [5.74, 6) is 0.968. The molecule has 1 aromatic carbocycles. The van der Waals surface area contributed by atoms with Crippen molar-refractivity contribution in [3.05, 3.63) is 29.8 Å². The third-order valence-corrected chi connectivity index (χ3v) is 3.16. The van der Waals surface area contributed by atoms with Crippen LogP contribution in [-0.2, 0) is 0 Å². The highest BCUT2D eigenvalue weighted by Crippen LogP contribution is 2.29. The summed E-state index contributed by atoms with van der Waals surface area (Å²) in [6.45, 7) is 6.05. The van der Waals surface area contributed by atoms with Crippen LogP contribution in [0.2, 0.25) is 0 Å². The Morgan fingerprint density at radius 2 is 2.07 bits per heavy atom. The molecule has 2 nitrogen and oxygen atoms in total. The summed E-state index contributed by atoms with van der Waals surface area (Å²) in [4.78, 5) is 13.7. The maximum Gasteiger partial charge on any atom is 0.161 e. The molecule has 0 bridgehead atoms. The van der Waals surface area contributed by atoms with Gasteiger partial charge in [-0.25, -0.2) is 0 Å². The Morgan fingerprint density at radius 1 is 1.40 bits per heavy atom. The predicted octanol–water partition coefficient (Wildman–Crippen LogP) is 2.74. The molecule has 15 heavy (non-hydrogen) atoms. The third-order valence-electron chi connectivity index (χ3n) is 3.16. The molecule has 0 N–H and O–H groups in total. The van der Waals surface area contributed by atoms with Crippen molar-refractivity contribution in [2.75, 3.05) is 18.0 Å². The van der Waals surface area contributed by atoms with Crippen LogP contribution in [0.15, 0.2) is 24.3 Å². The van der Waals surface area contributed by atoms with Crippen molar-refractivity contribution in [2.24, 2.45) is 5.92 Å². The summed E-state index contributed by atoms with van der Waals surface area (Å²) < 4.78 is 0.